The van der Waals surface area contributed by atoms with Crippen molar-refractivity contribution in [3.63, 3.8) is 0 Å². The van der Waals surface area contributed by atoms with Crippen molar-refractivity contribution in [3.05, 3.63) is 71.1 Å². The van der Waals surface area contributed by atoms with Gasteiger partial charge in [0.15, 0.2) is 5.81 Å². The molecule has 3 rings (SSSR count). The molecule has 1 aliphatic heterocycles. The molecular weight excluding hydrogens is 339 g/mol. The van der Waals surface area contributed by atoms with Gasteiger partial charge in [-0.25, -0.2) is 4.79 Å². The van der Waals surface area contributed by atoms with Gasteiger partial charge >= 0.3 is 5.97 Å². The highest BCUT2D eigenvalue weighted by atomic mass is 16.5. The van der Waals surface area contributed by atoms with Crippen LogP contribution in [0.5, 0.6) is 0 Å². The third-order valence-corrected chi connectivity index (χ3v) is 4.77. The maximum atomic E-state index is 12.1. The molecule has 0 atom stereocenters. The molecule has 0 radical (unpaired) electrons. The Morgan fingerprint density at radius 3 is 2.37 bits per heavy atom. The van der Waals surface area contributed by atoms with Crippen molar-refractivity contribution in [2.75, 3.05) is 19.7 Å². The lowest BCUT2D eigenvalue weighted by atomic mass is 9.88. The molecule has 0 aliphatic carbocycles. The lowest BCUT2D eigenvalue weighted by Crippen LogP contribution is -2.35. The van der Waals surface area contributed by atoms with Gasteiger partial charge in [-0.2, -0.15) is 0 Å². The van der Waals surface area contributed by atoms with Crippen LogP contribution in [0.1, 0.15) is 41.3 Å². The minimum absolute atomic E-state index is 0.112. The maximum Gasteiger partial charge on any atom is 0.339 e. The van der Waals surface area contributed by atoms with Gasteiger partial charge in [0.2, 0.25) is 7.85 Å². The number of rotatable bonds is 4. The molecule has 6 heteroatoms. The first-order chi connectivity index (χ1) is 13.1. The molecule has 0 N–H and O–H groups in total. The molecule has 1 saturated heterocycles. The summed E-state index contributed by atoms with van der Waals surface area (Å²) < 4.78 is 5.12. The van der Waals surface area contributed by atoms with Gasteiger partial charge in [0.1, 0.15) is 0 Å². The number of ether oxygens (including phenoxy) is 1. The van der Waals surface area contributed by atoms with Gasteiger partial charge in [-0.3, -0.25) is 9.78 Å². The summed E-state index contributed by atoms with van der Waals surface area (Å²) in [6.45, 7) is 3.55. The Balaban J connectivity index is 2.02. The first kappa shape index (κ1) is 18.9. The Labute approximate surface area is 160 Å². The van der Waals surface area contributed by atoms with E-state index >= 15 is 0 Å². The summed E-state index contributed by atoms with van der Waals surface area (Å²) >= 11 is 0. The minimum Gasteiger partial charge on any atom is -0.462 e. The van der Waals surface area contributed by atoms with Crippen LogP contribution in [0, 0.1) is 0 Å². The summed E-state index contributed by atoms with van der Waals surface area (Å²) in [6.07, 6.45) is 4.95. The molecule has 1 aromatic carbocycles. The van der Waals surface area contributed by atoms with Gasteiger partial charge in [-0.05, 0) is 37.0 Å². The van der Waals surface area contributed by atoms with Gasteiger partial charge in [0, 0.05) is 31.0 Å². The normalized spacial score (nSPS) is 14.0. The molecule has 1 aromatic heterocycles. The largest absolute Gasteiger partial charge is 0.462 e. The Morgan fingerprint density at radius 1 is 1.07 bits per heavy atom. The van der Waals surface area contributed by atoms with E-state index in [0.29, 0.717) is 25.3 Å². The predicted molar refractivity (Wildman–Crippen MR) is 107 cm³/mol. The Bertz CT molecular complexity index is 855. The monoisotopic (exact) mass is 362 g/mol. The van der Waals surface area contributed by atoms with E-state index in [0.717, 1.165) is 29.5 Å². The van der Waals surface area contributed by atoms with Crippen LogP contribution in [-0.2, 0) is 4.74 Å². The zero-order chi connectivity index (χ0) is 19.2. The molecule has 1 aliphatic rings. The van der Waals surface area contributed by atoms with Crippen LogP contribution >= 0.6 is 0 Å². The smallest absolute Gasteiger partial charge is 0.339 e. The van der Waals surface area contributed by atoms with Crippen molar-refractivity contribution in [1.29, 1.82) is 0 Å². The first-order valence-corrected chi connectivity index (χ1v) is 9.25. The third-order valence-electron chi connectivity index (χ3n) is 4.77. The fourth-order valence-electron chi connectivity index (χ4n) is 3.42. The quantitative estimate of drug-likeness (QED) is 0.620. The number of amides is 1. The SMILES string of the molecule is BC(=O)N1CCC(=C(c2ccccc2)c2cncc(C(=O)OCC)c2)CC1. The molecule has 27 heavy (non-hydrogen) atoms. The summed E-state index contributed by atoms with van der Waals surface area (Å²) in [7, 11) is 1.61. The lowest BCUT2D eigenvalue weighted by Gasteiger charge is -2.29. The molecule has 1 fully saturated rings. The summed E-state index contributed by atoms with van der Waals surface area (Å²) in [5.41, 5.74) is 4.81. The molecule has 0 bridgehead atoms. The number of nitrogens with zero attached hydrogens (tertiary/aromatic N) is 2. The molecule has 5 nitrogen and oxygen atoms in total. The van der Waals surface area contributed by atoms with E-state index < -0.39 is 0 Å². The van der Waals surface area contributed by atoms with Crippen molar-refractivity contribution in [2.45, 2.75) is 19.8 Å². The van der Waals surface area contributed by atoms with Crippen LogP contribution in [0.4, 0.5) is 4.79 Å². The summed E-state index contributed by atoms with van der Waals surface area (Å²) in [4.78, 5) is 29.9. The number of esters is 1. The van der Waals surface area contributed by atoms with E-state index in [4.69, 9.17) is 4.74 Å². The second-order valence-corrected chi connectivity index (χ2v) is 6.53. The van der Waals surface area contributed by atoms with Gasteiger partial charge in [0.05, 0.1) is 12.2 Å². The van der Waals surface area contributed by atoms with Gasteiger partial charge in [-0.15, -0.1) is 0 Å². The van der Waals surface area contributed by atoms with Crippen LogP contribution in [-0.4, -0.2) is 49.2 Å². The standard InChI is InChI=1S/C21H23BN2O3/c1-2-27-20(25)18-12-17(13-23-14-18)19(15-6-4-3-5-7-15)16-8-10-24(11-9-16)21(22)26/h3-7,12-14H,2,8-11,22H2,1H3. The molecule has 138 valence electrons. The molecule has 0 unspecified atom stereocenters. The number of pyridine rings is 1. The molecular formula is C21H23BN2O3. The number of aromatic nitrogens is 1. The van der Waals surface area contributed by atoms with Crippen molar-refractivity contribution < 1.29 is 14.3 Å². The van der Waals surface area contributed by atoms with Gasteiger partial charge in [0.25, 0.3) is 0 Å². The van der Waals surface area contributed by atoms with Crippen molar-refractivity contribution in [2.24, 2.45) is 0 Å². The highest BCUT2D eigenvalue weighted by Crippen LogP contribution is 2.32. The Morgan fingerprint density at radius 2 is 1.74 bits per heavy atom. The predicted octanol–water partition coefficient (Wildman–Crippen LogP) is 2.91. The topological polar surface area (TPSA) is 59.5 Å². The molecule has 2 heterocycles. The molecule has 0 spiro atoms. The number of benzene rings is 1. The van der Waals surface area contributed by atoms with Crippen LogP contribution in [0.2, 0.25) is 0 Å². The van der Waals surface area contributed by atoms with E-state index in [-0.39, 0.29) is 11.8 Å². The first-order valence-electron chi connectivity index (χ1n) is 9.25. The number of likely N-dealkylation sites (tertiary alicyclic amines) is 1. The number of hydrogen-bond acceptors (Lipinski definition) is 4. The van der Waals surface area contributed by atoms with Gasteiger partial charge < -0.3 is 9.64 Å². The molecule has 0 saturated carbocycles. The summed E-state index contributed by atoms with van der Waals surface area (Å²) in [5.74, 6) is -0.253. The number of carbonyl (C=O) groups excluding carboxylic acids is 2. The molecule has 1 amide bonds. The zero-order valence-electron chi connectivity index (χ0n) is 15.8. The van der Waals surface area contributed by atoms with Gasteiger partial charge in [-0.1, -0.05) is 35.9 Å². The Kier molecular flexibility index (Phi) is 6.06. The average molecular weight is 362 g/mol. The van der Waals surface area contributed by atoms with E-state index in [2.05, 4.69) is 17.1 Å². The second-order valence-electron chi connectivity index (χ2n) is 6.53. The number of carbonyl (C=O) groups is 2. The summed E-state index contributed by atoms with van der Waals surface area (Å²) in [6, 6.07) is 12.0. The highest BCUT2D eigenvalue weighted by Gasteiger charge is 2.21. The van der Waals surface area contributed by atoms with Crippen LogP contribution in [0.15, 0.2) is 54.4 Å². The Hall–Kier alpha value is -2.89. The lowest BCUT2D eigenvalue weighted by molar-refractivity contribution is 0.0526. The van der Waals surface area contributed by atoms with Crippen molar-refractivity contribution in [3.8, 4) is 0 Å². The van der Waals surface area contributed by atoms with E-state index in [9.17, 15) is 9.59 Å². The van der Waals surface area contributed by atoms with E-state index in [1.54, 1.807) is 21.0 Å². The van der Waals surface area contributed by atoms with E-state index in [1.807, 2.05) is 29.2 Å². The number of hydrogen-bond donors (Lipinski definition) is 0. The maximum absolute atomic E-state index is 12.1. The highest BCUT2D eigenvalue weighted by molar-refractivity contribution is 6.56. The minimum atomic E-state index is -0.365. The average Bonchev–Trinajstić information content (AvgIpc) is 2.70. The zero-order valence-corrected chi connectivity index (χ0v) is 15.8. The molecule has 2 aromatic rings. The van der Waals surface area contributed by atoms with Crippen LogP contribution in [0.25, 0.3) is 5.57 Å². The van der Waals surface area contributed by atoms with Crippen molar-refractivity contribution in [1.82, 2.24) is 9.88 Å². The third kappa shape index (κ3) is 4.45. The van der Waals surface area contributed by atoms with Crippen LogP contribution < -0.4 is 0 Å². The van der Waals surface area contributed by atoms with Crippen LogP contribution in [0.3, 0.4) is 0 Å². The van der Waals surface area contributed by atoms with E-state index in [1.165, 1.54) is 11.8 Å². The van der Waals surface area contributed by atoms with Crippen molar-refractivity contribution >= 4 is 25.2 Å². The second kappa shape index (κ2) is 8.67. The fourth-order valence-corrected chi connectivity index (χ4v) is 3.42. The number of piperidine rings is 1. The summed E-state index contributed by atoms with van der Waals surface area (Å²) in [5, 5.41) is 0. The fraction of sp³-hybridized carbons (Fsp3) is 0.286.